The average Bonchev–Trinajstić information content (AvgIpc) is 2.85. The number of amides is 1. The summed E-state index contributed by atoms with van der Waals surface area (Å²) in [5.41, 5.74) is 4.79. The summed E-state index contributed by atoms with van der Waals surface area (Å²) in [5, 5.41) is 6.71. The van der Waals surface area contributed by atoms with Crippen molar-refractivity contribution in [2.75, 3.05) is 5.32 Å². The first-order valence-electron chi connectivity index (χ1n) is 11.5. The van der Waals surface area contributed by atoms with Gasteiger partial charge >= 0.3 is 0 Å². The molecule has 1 aliphatic carbocycles. The van der Waals surface area contributed by atoms with E-state index >= 15 is 0 Å². The SMILES string of the molecule is CC1=C(C(=O)Nc2ccc(F)cc2)[C@@H](c2ccccc2Cl)C2=C(C[C@@H](c3ccccc3)CC2=O)N1. The highest BCUT2D eigenvalue weighted by atomic mass is 35.5. The van der Waals surface area contributed by atoms with Crippen molar-refractivity contribution < 1.29 is 14.0 Å². The van der Waals surface area contributed by atoms with E-state index < -0.39 is 5.92 Å². The van der Waals surface area contributed by atoms with Crippen LogP contribution in [0.5, 0.6) is 0 Å². The summed E-state index contributed by atoms with van der Waals surface area (Å²) >= 11 is 6.61. The standard InChI is InChI=1S/C29H24ClFN2O2/c1-17-26(29(35)33-21-13-11-20(31)12-14-21)27(22-9-5-6-10-23(22)30)28-24(32-17)15-19(16-25(28)34)18-7-3-2-4-8-18/h2-14,19,27,32H,15-16H2,1H3,(H,33,35)/t19-,27-/m1/s1. The highest BCUT2D eigenvalue weighted by molar-refractivity contribution is 6.31. The predicted octanol–water partition coefficient (Wildman–Crippen LogP) is 6.48. The lowest BCUT2D eigenvalue weighted by Gasteiger charge is -2.37. The van der Waals surface area contributed by atoms with Crippen LogP contribution >= 0.6 is 11.6 Å². The lowest BCUT2D eigenvalue weighted by atomic mass is 9.71. The molecule has 0 fully saturated rings. The van der Waals surface area contributed by atoms with Gasteiger partial charge < -0.3 is 10.6 Å². The molecule has 2 aliphatic rings. The van der Waals surface area contributed by atoms with Gasteiger partial charge in [-0.1, -0.05) is 60.1 Å². The minimum atomic E-state index is -0.607. The van der Waals surface area contributed by atoms with E-state index in [9.17, 15) is 14.0 Å². The van der Waals surface area contributed by atoms with Crippen molar-refractivity contribution in [2.45, 2.75) is 31.6 Å². The van der Waals surface area contributed by atoms with Crippen molar-refractivity contribution >= 4 is 29.0 Å². The number of rotatable bonds is 4. The Hall–Kier alpha value is -3.70. The number of anilines is 1. The van der Waals surface area contributed by atoms with E-state index in [2.05, 4.69) is 10.6 Å². The molecule has 4 nitrogen and oxygen atoms in total. The van der Waals surface area contributed by atoms with Gasteiger partial charge in [-0.25, -0.2) is 4.39 Å². The maximum absolute atomic E-state index is 13.6. The van der Waals surface area contributed by atoms with Gasteiger partial charge in [0.2, 0.25) is 0 Å². The van der Waals surface area contributed by atoms with Crippen LogP contribution in [0, 0.1) is 5.82 Å². The number of ketones is 1. The Morgan fingerprint density at radius 2 is 1.66 bits per heavy atom. The Kier molecular flexibility index (Phi) is 6.27. The molecule has 0 bridgehead atoms. The van der Waals surface area contributed by atoms with Gasteiger partial charge in [-0.3, -0.25) is 9.59 Å². The lowest BCUT2D eigenvalue weighted by molar-refractivity contribution is -0.116. The fourth-order valence-electron chi connectivity index (χ4n) is 5.05. The van der Waals surface area contributed by atoms with Gasteiger partial charge in [0.15, 0.2) is 5.78 Å². The lowest BCUT2D eigenvalue weighted by Crippen LogP contribution is -2.37. The summed E-state index contributed by atoms with van der Waals surface area (Å²) in [4.78, 5) is 27.2. The van der Waals surface area contributed by atoms with E-state index in [4.69, 9.17) is 11.6 Å². The molecule has 2 N–H and O–H groups in total. The smallest absolute Gasteiger partial charge is 0.254 e. The zero-order chi connectivity index (χ0) is 24.5. The van der Waals surface area contributed by atoms with E-state index in [1.54, 1.807) is 6.07 Å². The second-order valence-corrected chi connectivity index (χ2v) is 9.32. The van der Waals surface area contributed by atoms with Crippen LogP contribution in [0.15, 0.2) is 101 Å². The number of hydrogen-bond acceptors (Lipinski definition) is 3. The van der Waals surface area contributed by atoms with Gasteiger partial charge in [-0.15, -0.1) is 0 Å². The van der Waals surface area contributed by atoms with Crippen LogP contribution in [0.2, 0.25) is 5.02 Å². The fraction of sp³-hybridized carbons (Fsp3) is 0.172. The largest absolute Gasteiger partial charge is 0.362 e. The van der Waals surface area contributed by atoms with Crippen molar-refractivity contribution in [3.05, 3.63) is 123 Å². The first-order valence-corrected chi connectivity index (χ1v) is 11.9. The highest BCUT2D eigenvalue weighted by Crippen LogP contribution is 2.47. The number of carbonyl (C=O) groups excluding carboxylic acids is 2. The van der Waals surface area contributed by atoms with Gasteiger partial charge in [0.05, 0.1) is 0 Å². The molecule has 0 saturated carbocycles. The fourth-order valence-corrected chi connectivity index (χ4v) is 5.30. The zero-order valence-corrected chi connectivity index (χ0v) is 19.9. The Bertz CT molecular complexity index is 1360. The molecule has 5 rings (SSSR count). The Labute approximate surface area is 208 Å². The molecule has 0 radical (unpaired) electrons. The molecule has 2 atom stereocenters. The molecule has 0 saturated heterocycles. The van der Waals surface area contributed by atoms with Crippen LogP contribution < -0.4 is 10.6 Å². The number of Topliss-reactive ketones (excluding diaryl/α,β-unsaturated/α-hetero) is 1. The molecule has 6 heteroatoms. The van der Waals surface area contributed by atoms with Crippen molar-refractivity contribution in [1.82, 2.24) is 5.32 Å². The molecular weight excluding hydrogens is 463 g/mol. The number of benzene rings is 3. The van der Waals surface area contributed by atoms with Crippen LogP contribution in [-0.4, -0.2) is 11.7 Å². The summed E-state index contributed by atoms with van der Waals surface area (Å²) < 4.78 is 13.4. The summed E-state index contributed by atoms with van der Waals surface area (Å²) in [6, 6.07) is 22.9. The first kappa shape index (κ1) is 23.1. The zero-order valence-electron chi connectivity index (χ0n) is 19.1. The van der Waals surface area contributed by atoms with Gasteiger partial charge in [0.1, 0.15) is 5.82 Å². The van der Waals surface area contributed by atoms with Crippen molar-refractivity contribution in [1.29, 1.82) is 0 Å². The minimum Gasteiger partial charge on any atom is -0.362 e. The molecular formula is C29H24ClFN2O2. The number of nitrogens with one attached hydrogen (secondary N) is 2. The van der Waals surface area contributed by atoms with Gasteiger partial charge in [-0.2, -0.15) is 0 Å². The van der Waals surface area contributed by atoms with Crippen LogP contribution in [-0.2, 0) is 9.59 Å². The summed E-state index contributed by atoms with van der Waals surface area (Å²) in [5.74, 6) is -1.30. The van der Waals surface area contributed by atoms with Crippen LogP contribution in [0.1, 0.15) is 42.7 Å². The normalized spacial score (nSPS) is 19.8. The van der Waals surface area contributed by atoms with Crippen LogP contribution in [0.3, 0.4) is 0 Å². The maximum Gasteiger partial charge on any atom is 0.254 e. The van der Waals surface area contributed by atoms with E-state index in [0.717, 1.165) is 11.3 Å². The van der Waals surface area contributed by atoms with E-state index in [1.165, 1.54) is 24.3 Å². The average molecular weight is 487 g/mol. The molecule has 176 valence electrons. The van der Waals surface area contributed by atoms with E-state index in [0.29, 0.717) is 46.0 Å². The van der Waals surface area contributed by atoms with Gasteiger partial charge in [0, 0.05) is 45.6 Å². The maximum atomic E-state index is 13.6. The van der Waals surface area contributed by atoms with E-state index in [1.807, 2.05) is 55.5 Å². The second kappa shape index (κ2) is 9.51. The number of carbonyl (C=O) groups is 2. The van der Waals surface area contributed by atoms with Crippen LogP contribution in [0.4, 0.5) is 10.1 Å². The molecule has 0 unspecified atom stereocenters. The minimum absolute atomic E-state index is 0.00268. The summed E-state index contributed by atoms with van der Waals surface area (Å²) in [6.45, 7) is 1.84. The summed E-state index contributed by atoms with van der Waals surface area (Å²) in [6.07, 6.45) is 1.02. The third-order valence-electron chi connectivity index (χ3n) is 6.66. The molecule has 1 aliphatic heterocycles. The molecule has 1 amide bonds. The highest BCUT2D eigenvalue weighted by Gasteiger charge is 2.41. The molecule has 0 aromatic heterocycles. The monoisotopic (exact) mass is 486 g/mol. The number of halogens is 2. The van der Waals surface area contributed by atoms with Crippen molar-refractivity contribution in [3.63, 3.8) is 0 Å². The van der Waals surface area contributed by atoms with E-state index in [-0.39, 0.29) is 23.4 Å². The van der Waals surface area contributed by atoms with Crippen molar-refractivity contribution in [3.8, 4) is 0 Å². The second-order valence-electron chi connectivity index (χ2n) is 8.91. The molecule has 35 heavy (non-hydrogen) atoms. The quantitative estimate of drug-likeness (QED) is 0.443. The summed E-state index contributed by atoms with van der Waals surface area (Å²) in [7, 11) is 0. The topological polar surface area (TPSA) is 58.2 Å². The Morgan fingerprint density at radius 3 is 2.37 bits per heavy atom. The first-order chi connectivity index (χ1) is 16.9. The molecule has 3 aromatic carbocycles. The third-order valence-corrected chi connectivity index (χ3v) is 7.01. The third kappa shape index (κ3) is 4.52. The number of allylic oxidation sites excluding steroid dienone is 3. The number of dihydropyridines is 1. The van der Waals surface area contributed by atoms with Crippen molar-refractivity contribution in [2.24, 2.45) is 0 Å². The van der Waals surface area contributed by atoms with Gasteiger partial charge in [-0.05, 0) is 60.7 Å². The Morgan fingerprint density at radius 1 is 0.971 bits per heavy atom. The molecule has 3 aromatic rings. The Balaban J connectivity index is 1.57. The molecule has 1 heterocycles. The van der Waals surface area contributed by atoms with Crippen LogP contribution in [0.25, 0.3) is 0 Å². The molecule has 0 spiro atoms. The predicted molar refractivity (Wildman–Crippen MR) is 136 cm³/mol. The number of hydrogen-bond donors (Lipinski definition) is 2. The van der Waals surface area contributed by atoms with Gasteiger partial charge in [0.25, 0.3) is 5.91 Å².